The molecule has 256 valence electrons. The highest BCUT2D eigenvalue weighted by atomic mass is 16.7. The zero-order valence-corrected chi connectivity index (χ0v) is 29.1. The Morgan fingerprint density at radius 2 is 1.76 bits per heavy atom. The number of amides is 3. The first-order valence-electron chi connectivity index (χ1n) is 17.9. The van der Waals surface area contributed by atoms with Gasteiger partial charge in [0.25, 0.3) is 11.8 Å². The number of hydroxylamine groups is 2. The molecule has 0 bridgehead atoms. The van der Waals surface area contributed by atoms with Gasteiger partial charge in [-0.3, -0.25) is 14.4 Å². The van der Waals surface area contributed by atoms with Crippen LogP contribution in [0, 0.1) is 23.2 Å². The summed E-state index contributed by atoms with van der Waals surface area (Å²) in [6.07, 6.45) is 18.8. The topological polar surface area (TPSA) is 102 Å². The third-order valence-electron chi connectivity index (χ3n) is 11.2. The molecule has 3 unspecified atom stereocenters. The molecular weight excluding hydrogens is 580 g/mol. The Labute approximate surface area is 276 Å². The van der Waals surface area contributed by atoms with E-state index in [1.54, 1.807) is 12.5 Å². The largest absolute Gasteiger partial charge is 0.378 e. The van der Waals surface area contributed by atoms with E-state index in [9.17, 15) is 19.2 Å². The summed E-state index contributed by atoms with van der Waals surface area (Å²) in [7, 11) is 0. The highest BCUT2D eigenvalue weighted by molar-refractivity contribution is 6.01. The summed E-state index contributed by atoms with van der Waals surface area (Å²) in [5, 5.41) is 3.72. The van der Waals surface area contributed by atoms with Gasteiger partial charge in [0.15, 0.2) is 0 Å². The summed E-state index contributed by atoms with van der Waals surface area (Å²) < 4.78 is 5.78. The number of hydrogen-bond acceptors (Lipinski definition) is 6. The van der Waals surface area contributed by atoms with Crippen molar-refractivity contribution in [1.29, 1.82) is 0 Å². The molecule has 3 aliphatic carbocycles. The van der Waals surface area contributed by atoms with Gasteiger partial charge in [0.1, 0.15) is 0 Å². The molecule has 0 radical (unpaired) electrons. The highest BCUT2D eigenvalue weighted by Gasteiger charge is 2.50. The normalized spacial score (nSPS) is 28.5. The number of rotatable bonds is 14. The lowest BCUT2D eigenvalue weighted by Crippen LogP contribution is -2.44. The molecule has 0 spiro atoms. The minimum Gasteiger partial charge on any atom is -0.378 e. The van der Waals surface area contributed by atoms with Gasteiger partial charge in [-0.25, -0.2) is 4.79 Å². The number of nitrogens with zero attached hydrogens (tertiary/aromatic N) is 1. The molecule has 4 aliphatic rings. The number of allylic oxidation sites excluding steroid dienone is 5. The first kappa shape index (κ1) is 36.1. The maximum atomic E-state index is 12.9. The number of fused-ring (bicyclic) bond motifs is 1. The summed E-state index contributed by atoms with van der Waals surface area (Å²) in [6, 6.07) is 0. The molecule has 3 amide bonds. The van der Waals surface area contributed by atoms with Crippen LogP contribution < -0.4 is 5.32 Å². The predicted molar refractivity (Wildman–Crippen MR) is 179 cm³/mol. The molecule has 0 aromatic carbocycles. The third-order valence-corrected chi connectivity index (χ3v) is 11.2. The minimum absolute atomic E-state index is 0.0597. The second kappa shape index (κ2) is 15.9. The van der Waals surface area contributed by atoms with Gasteiger partial charge in [-0.15, -0.1) is 5.06 Å². The van der Waals surface area contributed by atoms with Crippen molar-refractivity contribution < 1.29 is 28.8 Å². The third kappa shape index (κ3) is 9.42. The van der Waals surface area contributed by atoms with E-state index >= 15 is 0 Å². The first-order valence-corrected chi connectivity index (χ1v) is 17.9. The zero-order chi connectivity index (χ0) is 33.5. The number of hydrogen-bond donors (Lipinski definition) is 1. The number of ether oxygens (including phenoxy) is 1. The molecule has 0 aromatic heterocycles. The number of nitrogens with one attached hydrogen (secondary N) is 1. The zero-order valence-electron chi connectivity index (χ0n) is 29.1. The fraction of sp³-hybridized carbons (Fsp3) is 0.737. The van der Waals surface area contributed by atoms with Gasteiger partial charge in [0.05, 0.1) is 12.5 Å². The molecule has 3 saturated carbocycles. The SMILES string of the molecule is C=C1CCCC/C1=C/C=C1\CCC[C@@]2(C)C1CCC2[C@H](C)CCCC(=O)NC(C)(C)CCOC(C)CC(=O)ON1C(=O)CCC1=O. The van der Waals surface area contributed by atoms with Crippen LogP contribution in [0.3, 0.4) is 0 Å². The Hall–Kier alpha value is -2.74. The summed E-state index contributed by atoms with van der Waals surface area (Å²) in [6.45, 7) is 15.3. The molecule has 1 heterocycles. The Morgan fingerprint density at radius 3 is 2.48 bits per heavy atom. The molecule has 8 nitrogen and oxygen atoms in total. The van der Waals surface area contributed by atoms with Crippen LogP contribution >= 0.6 is 0 Å². The van der Waals surface area contributed by atoms with E-state index in [4.69, 9.17) is 9.57 Å². The van der Waals surface area contributed by atoms with Crippen molar-refractivity contribution in [3.8, 4) is 0 Å². The second-order valence-corrected chi connectivity index (χ2v) is 15.3. The molecule has 5 atom stereocenters. The summed E-state index contributed by atoms with van der Waals surface area (Å²) in [5.41, 5.74) is 4.36. The lowest BCUT2D eigenvalue weighted by Gasteiger charge is -2.44. The van der Waals surface area contributed by atoms with Crippen LogP contribution in [0.2, 0.25) is 0 Å². The molecule has 8 heteroatoms. The minimum atomic E-state index is -0.681. The van der Waals surface area contributed by atoms with Crippen molar-refractivity contribution in [2.75, 3.05) is 6.61 Å². The molecule has 1 saturated heterocycles. The Morgan fingerprint density at radius 1 is 1.04 bits per heavy atom. The van der Waals surface area contributed by atoms with Gasteiger partial charge >= 0.3 is 5.97 Å². The van der Waals surface area contributed by atoms with Crippen molar-refractivity contribution >= 4 is 23.7 Å². The monoisotopic (exact) mass is 638 g/mol. The van der Waals surface area contributed by atoms with Crippen molar-refractivity contribution in [3.63, 3.8) is 0 Å². The van der Waals surface area contributed by atoms with Crippen molar-refractivity contribution in [2.24, 2.45) is 23.2 Å². The van der Waals surface area contributed by atoms with Gasteiger partial charge in [-0.05, 0) is 127 Å². The fourth-order valence-corrected chi connectivity index (χ4v) is 8.51. The lowest BCUT2D eigenvalue weighted by atomic mass is 9.60. The smallest absolute Gasteiger partial charge is 0.335 e. The number of carbonyl (C=O) groups is 4. The standard InChI is InChI=1S/C38H58N2O6/c1-26-11-7-8-13-29(26)16-17-30-14-10-22-38(6)31(18-19-32(30)38)27(2)12-9-15-33(41)39-37(4,5)23-24-45-28(3)25-36(44)46-40-34(42)20-21-35(40)43/h16-17,27-28,31-32H,1,7-15,18-25H2,2-6H3,(H,39,41)/b29-16-,30-17+/t27-,28?,31?,32?,38-/m1/s1. The van der Waals surface area contributed by atoms with Gasteiger partial charge < -0.3 is 14.9 Å². The Kier molecular flexibility index (Phi) is 12.5. The van der Waals surface area contributed by atoms with E-state index in [2.05, 4.69) is 37.9 Å². The molecule has 1 N–H and O–H groups in total. The lowest BCUT2D eigenvalue weighted by molar-refractivity contribution is -0.199. The van der Waals surface area contributed by atoms with Crippen molar-refractivity contribution in [3.05, 3.63) is 35.5 Å². The van der Waals surface area contributed by atoms with E-state index < -0.39 is 29.4 Å². The van der Waals surface area contributed by atoms with E-state index in [1.165, 1.54) is 62.5 Å². The van der Waals surface area contributed by atoms with E-state index in [0.29, 0.717) is 47.7 Å². The van der Waals surface area contributed by atoms with Crippen LogP contribution in [0.4, 0.5) is 0 Å². The van der Waals surface area contributed by atoms with Gasteiger partial charge in [0, 0.05) is 31.4 Å². The predicted octanol–water partition coefficient (Wildman–Crippen LogP) is 7.68. The van der Waals surface area contributed by atoms with Crippen LogP contribution in [-0.4, -0.2) is 47.0 Å². The van der Waals surface area contributed by atoms with Crippen LogP contribution in [0.25, 0.3) is 0 Å². The Balaban J connectivity index is 1.16. The average Bonchev–Trinajstić information content (AvgIpc) is 3.50. The van der Waals surface area contributed by atoms with Gasteiger partial charge in [-0.2, -0.15) is 0 Å². The Bertz CT molecular complexity index is 1200. The molecule has 4 fully saturated rings. The maximum Gasteiger partial charge on any atom is 0.335 e. The van der Waals surface area contributed by atoms with Crippen LogP contribution in [0.15, 0.2) is 35.5 Å². The average molecular weight is 639 g/mol. The van der Waals surface area contributed by atoms with E-state index in [1.807, 2.05) is 13.8 Å². The van der Waals surface area contributed by atoms with Crippen molar-refractivity contribution in [2.45, 2.75) is 149 Å². The highest BCUT2D eigenvalue weighted by Crippen LogP contribution is 2.60. The van der Waals surface area contributed by atoms with Crippen LogP contribution in [0.1, 0.15) is 137 Å². The van der Waals surface area contributed by atoms with E-state index in [0.717, 1.165) is 19.3 Å². The van der Waals surface area contributed by atoms with Gasteiger partial charge in [0.2, 0.25) is 5.91 Å². The first-order chi connectivity index (χ1) is 21.8. The van der Waals surface area contributed by atoms with E-state index in [-0.39, 0.29) is 25.2 Å². The quantitative estimate of drug-likeness (QED) is 0.196. The summed E-state index contributed by atoms with van der Waals surface area (Å²) >= 11 is 0. The molecule has 46 heavy (non-hydrogen) atoms. The summed E-state index contributed by atoms with van der Waals surface area (Å²) in [4.78, 5) is 53.2. The molecule has 1 aliphatic heterocycles. The molecular formula is C38H58N2O6. The second-order valence-electron chi connectivity index (χ2n) is 15.3. The number of carbonyl (C=O) groups excluding carboxylic acids is 4. The van der Waals surface area contributed by atoms with Crippen LogP contribution in [-0.2, 0) is 28.8 Å². The van der Waals surface area contributed by atoms with Crippen LogP contribution in [0.5, 0.6) is 0 Å². The fourth-order valence-electron chi connectivity index (χ4n) is 8.51. The maximum absolute atomic E-state index is 12.9. The summed E-state index contributed by atoms with van der Waals surface area (Å²) in [5.74, 6) is 0.354. The van der Waals surface area contributed by atoms with Gasteiger partial charge in [-0.1, -0.05) is 43.7 Å². The number of imide groups is 1. The van der Waals surface area contributed by atoms with Crippen molar-refractivity contribution in [1.82, 2.24) is 10.4 Å². The molecule has 0 aromatic rings. The molecule has 4 rings (SSSR count).